The Morgan fingerprint density at radius 1 is 1.48 bits per heavy atom. The third-order valence-corrected chi connectivity index (χ3v) is 3.62. The van der Waals surface area contributed by atoms with Crippen molar-refractivity contribution in [2.45, 2.75) is 6.92 Å². The smallest absolute Gasteiger partial charge is 0.197 e. The van der Waals surface area contributed by atoms with Gasteiger partial charge in [0.15, 0.2) is 5.56 Å². The number of pyridine rings is 1. The zero-order chi connectivity index (χ0) is 14.7. The summed E-state index contributed by atoms with van der Waals surface area (Å²) in [5.41, 5.74) is 2.30. The molecule has 1 heterocycles. The van der Waals surface area contributed by atoms with Crippen molar-refractivity contribution in [1.29, 1.82) is 0 Å². The fourth-order valence-corrected chi connectivity index (χ4v) is 2.44. The molecule has 1 aromatic carbocycles. The fourth-order valence-electron chi connectivity index (χ4n) is 1.89. The predicted molar refractivity (Wildman–Crippen MR) is 84.1 cm³/mol. The first kappa shape index (κ1) is 18.3. The second-order valence-electron chi connectivity index (χ2n) is 4.43. The van der Waals surface area contributed by atoms with E-state index in [-0.39, 0.29) is 38.3 Å². The molecule has 3 nitrogen and oxygen atoms in total. The van der Waals surface area contributed by atoms with Gasteiger partial charge in [0, 0.05) is 39.8 Å². The van der Waals surface area contributed by atoms with Gasteiger partial charge in [-0.1, -0.05) is 52.3 Å². The number of ether oxygens (including phenoxy) is 1. The summed E-state index contributed by atoms with van der Waals surface area (Å²) >= 11 is 3.51. The Kier molecular flexibility index (Phi) is 7.05. The molecule has 0 fully saturated rings. The van der Waals surface area contributed by atoms with Gasteiger partial charge in [0.2, 0.25) is 0 Å². The molecule has 0 saturated carbocycles. The molecule has 0 spiro atoms. The first-order valence-corrected chi connectivity index (χ1v) is 6.96. The van der Waals surface area contributed by atoms with Gasteiger partial charge in [-0.2, -0.15) is 12.1 Å². The van der Waals surface area contributed by atoms with Crippen LogP contribution in [0.2, 0.25) is 0 Å². The quantitative estimate of drug-likeness (QED) is 0.559. The second kappa shape index (κ2) is 8.07. The largest absolute Gasteiger partial charge is 0.490 e. The number of halogens is 1. The van der Waals surface area contributed by atoms with E-state index in [2.05, 4.69) is 28.6 Å². The maximum atomic E-state index is 12.0. The molecule has 0 aliphatic heterocycles. The minimum absolute atomic E-state index is 0. The Morgan fingerprint density at radius 2 is 2.19 bits per heavy atom. The summed E-state index contributed by atoms with van der Waals surface area (Å²) in [6, 6.07) is 10.5. The first-order valence-electron chi connectivity index (χ1n) is 6.16. The molecule has 0 bridgehead atoms. The minimum Gasteiger partial charge on any atom is -0.490 e. The van der Waals surface area contributed by atoms with E-state index < -0.39 is 0 Å². The zero-order valence-electron chi connectivity index (χ0n) is 12.0. The van der Waals surface area contributed by atoms with Crippen LogP contribution in [-0.4, -0.2) is 11.2 Å². The van der Waals surface area contributed by atoms with Gasteiger partial charge < -0.3 is 9.30 Å². The Morgan fingerprint density at radius 3 is 2.81 bits per heavy atom. The average molecular weight is 422 g/mol. The molecule has 0 N–H and O–H groups in total. The Labute approximate surface area is 158 Å². The van der Waals surface area contributed by atoms with Gasteiger partial charge >= 0.3 is 0 Å². The van der Waals surface area contributed by atoms with Crippen molar-refractivity contribution in [2.24, 2.45) is 7.05 Å². The summed E-state index contributed by atoms with van der Waals surface area (Å²) in [6.07, 6.45) is 1.69. The number of aromatic nitrogens is 1. The predicted octanol–water partition coefficient (Wildman–Crippen LogP) is 3.49. The molecule has 1 radical (unpaired) electrons. The molecule has 0 aliphatic rings. The molecule has 21 heavy (non-hydrogen) atoms. The van der Waals surface area contributed by atoms with Crippen molar-refractivity contribution >= 4 is 15.9 Å². The van der Waals surface area contributed by atoms with Gasteiger partial charge in [-0.05, 0) is 16.6 Å². The van der Waals surface area contributed by atoms with Crippen LogP contribution in [0, 0.1) is 13.0 Å². The summed E-state index contributed by atoms with van der Waals surface area (Å²) < 4.78 is 7.93. The topological polar surface area (TPSA) is 31.2 Å². The molecule has 2 aromatic rings. The third kappa shape index (κ3) is 4.15. The molecule has 0 atom stereocenters. The molecular formula is C16H15BrNO2Y-. The van der Waals surface area contributed by atoms with Gasteiger partial charge in [0.25, 0.3) is 0 Å². The van der Waals surface area contributed by atoms with Gasteiger partial charge in [-0.3, -0.25) is 4.79 Å². The minimum atomic E-state index is -0.0161. The van der Waals surface area contributed by atoms with Crippen molar-refractivity contribution in [3.05, 3.63) is 63.4 Å². The molecule has 2 rings (SSSR count). The van der Waals surface area contributed by atoms with Gasteiger partial charge in [-0.15, -0.1) is 6.07 Å². The monoisotopic (exact) mass is 421 g/mol. The third-order valence-electron chi connectivity index (χ3n) is 2.97. The normalized spacial score (nSPS) is 9.86. The van der Waals surface area contributed by atoms with Crippen LogP contribution in [0.3, 0.4) is 0 Å². The van der Waals surface area contributed by atoms with E-state index in [1.54, 1.807) is 30.7 Å². The van der Waals surface area contributed by atoms with E-state index in [1.807, 2.05) is 18.2 Å². The van der Waals surface area contributed by atoms with Crippen LogP contribution in [0.15, 0.2) is 46.2 Å². The molecular weight excluding hydrogens is 407 g/mol. The Bertz CT molecular complexity index is 710. The standard InChI is InChI=1S/C16H15BrNO2.Y/c1-4-9-20-12-6-7-13(14(17)10-12)15-8-5-11(2)16(19)18(15)3;/h4-7,10H,1,9H2,2-3H3;/q-1;. The molecule has 0 unspecified atom stereocenters. The van der Waals surface area contributed by atoms with Crippen LogP contribution in [-0.2, 0) is 39.8 Å². The number of hydrogen-bond donors (Lipinski definition) is 0. The summed E-state index contributed by atoms with van der Waals surface area (Å²) in [7, 11) is 1.75. The first-order chi connectivity index (χ1) is 9.54. The van der Waals surface area contributed by atoms with Crippen molar-refractivity contribution < 1.29 is 37.4 Å². The SMILES string of the molecule is C=CCOc1ccc(-c2[c-]cc(C)c(=O)n2C)c(Br)c1.[Y]. The summed E-state index contributed by atoms with van der Waals surface area (Å²) in [6.45, 7) is 5.85. The van der Waals surface area contributed by atoms with E-state index in [4.69, 9.17) is 4.74 Å². The van der Waals surface area contributed by atoms with Crippen molar-refractivity contribution in [1.82, 2.24) is 4.57 Å². The van der Waals surface area contributed by atoms with Crippen LogP contribution in [0.5, 0.6) is 5.75 Å². The van der Waals surface area contributed by atoms with Crippen LogP contribution >= 0.6 is 15.9 Å². The molecule has 107 valence electrons. The van der Waals surface area contributed by atoms with Gasteiger partial charge in [0.1, 0.15) is 12.4 Å². The maximum Gasteiger partial charge on any atom is 0.197 e. The van der Waals surface area contributed by atoms with Crippen LogP contribution < -0.4 is 10.3 Å². The zero-order valence-corrected chi connectivity index (χ0v) is 16.4. The number of aryl methyl sites for hydroxylation is 1. The molecule has 0 aliphatic carbocycles. The number of hydrogen-bond acceptors (Lipinski definition) is 2. The van der Waals surface area contributed by atoms with E-state index in [0.717, 1.165) is 21.5 Å². The molecule has 0 amide bonds. The number of benzene rings is 1. The van der Waals surface area contributed by atoms with E-state index in [0.29, 0.717) is 12.2 Å². The van der Waals surface area contributed by atoms with Crippen molar-refractivity contribution in [3.8, 4) is 17.0 Å². The Hall–Kier alpha value is -0.706. The van der Waals surface area contributed by atoms with Gasteiger partial charge in [0.05, 0.1) is 0 Å². The van der Waals surface area contributed by atoms with Crippen molar-refractivity contribution in [2.75, 3.05) is 6.61 Å². The number of nitrogens with zero attached hydrogens (tertiary/aromatic N) is 1. The second-order valence-corrected chi connectivity index (χ2v) is 5.28. The fraction of sp³-hybridized carbons (Fsp3) is 0.188. The van der Waals surface area contributed by atoms with Crippen LogP contribution in [0.25, 0.3) is 11.3 Å². The average Bonchev–Trinajstić information content (AvgIpc) is 2.44. The van der Waals surface area contributed by atoms with Crippen molar-refractivity contribution in [3.63, 3.8) is 0 Å². The van der Waals surface area contributed by atoms with Crippen LogP contribution in [0.1, 0.15) is 5.56 Å². The summed E-state index contributed by atoms with van der Waals surface area (Å²) in [5, 5.41) is 0. The summed E-state index contributed by atoms with van der Waals surface area (Å²) in [4.78, 5) is 12.0. The summed E-state index contributed by atoms with van der Waals surface area (Å²) in [5.74, 6) is 0.748. The van der Waals surface area contributed by atoms with E-state index in [1.165, 1.54) is 0 Å². The number of rotatable bonds is 4. The molecule has 0 saturated heterocycles. The Balaban J connectivity index is 0.00000220. The van der Waals surface area contributed by atoms with Gasteiger partial charge in [-0.25, -0.2) is 0 Å². The van der Waals surface area contributed by atoms with E-state index >= 15 is 0 Å². The van der Waals surface area contributed by atoms with Crippen LogP contribution in [0.4, 0.5) is 0 Å². The van der Waals surface area contributed by atoms with E-state index in [9.17, 15) is 4.79 Å². The molecule has 1 aromatic heterocycles. The molecule has 5 heteroatoms. The maximum absolute atomic E-state index is 12.0.